The summed E-state index contributed by atoms with van der Waals surface area (Å²) in [5.74, 6) is -0.0708. The Balaban J connectivity index is 1.79. The number of H-pyrrole nitrogens is 1. The molecule has 0 aliphatic carbocycles. The third-order valence-electron chi connectivity index (χ3n) is 4.44. The van der Waals surface area contributed by atoms with Crippen LogP contribution in [-0.2, 0) is 13.6 Å². The van der Waals surface area contributed by atoms with Crippen molar-refractivity contribution in [2.24, 2.45) is 12.1 Å². The van der Waals surface area contributed by atoms with E-state index in [1.54, 1.807) is 22.9 Å². The second-order valence-corrected chi connectivity index (χ2v) is 6.42. The lowest BCUT2D eigenvalue weighted by atomic mass is 10.2. The Hall–Kier alpha value is -4.01. The first-order valence-corrected chi connectivity index (χ1v) is 8.81. The molecule has 0 radical (unpaired) electrons. The van der Waals surface area contributed by atoms with Gasteiger partial charge in [-0.3, -0.25) is 18.9 Å². The van der Waals surface area contributed by atoms with Gasteiger partial charge in [-0.05, 0) is 23.3 Å². The minimum atomic E-state index is -0.562. The number of hydrogen-bond acceptors (Lipinski definition) is 5. The number of aromatic amines is 1. The number of hydrazone groups is 1. The van der Waals surface area contributed by atoms with Crippen molar-refractivity contribution in [3.8, 4) is 0 Å². The molecule has 0 amide bonds. The third kappa shape index (κ3) is 3.70. The van der Waals surface area contributed by atoms with E-state index in [4.69, 9.17) is 0 Å². The molecule has 0 atom stereocenters. The molecule has 8 nitrogen and oxygen atoms in total. The number of aromatic nitrogens is 4. The lowest BCUT2D eigenvalue weighted by molar-refractivity contribution is 0.626. The molecule has 4 rings (SSSR count). The van der Waals surface area contributed by atoms with E-state index in [1.165, 1.54) is 23.7 Å². The highest BCUT2D eigenvalue weighted by atomic mass is 19.1. The molecular formula is C20H17FN6O2. The number of nitrogens with zero attached hydrogens (tertiary/aromatic N) is 4. The highest BCUT2D eigenvalue weighted by molar-refractivity contribution is 5.80. The largest absolute Gasteiger partial charge is 0.329 e. The van der Waals surface area contributed by atoms with E-state index in [0.717, 1.165) is 11.1 Å². The Morgan fingerprint density at radius 3 is 2.59 bits per heavy atom. The zero-order valence-electron chi connectivity index (χ0n) is 15.5. The SMILES string of the molecule is Cn1c(=O)[nH]c(=O)c2c1nc(N/N=C/c1ccccc1)n2Cc1ccc(F)cc1. The molecule has 0 bridgehead atoms. The van der Waals surface area contributed by atoms with Gasteiger partial charge in [0.15, 0.2) is 11.2 Å². The van der Waals surface area contributed by atoms with Crippen molar-refractivity contribution < 1.29 is 4.39 Å². The van der Waals surface area contributed by atoms with Gasteiger partial charge in [0.05, 0.1) is 12.8 Å². The predicted octanol–water partition coefficient (Wildman–Crippen LogP) is 2.06. The van der Waals surface area contributed by atoms with Gasteiger partial charge in [-0.25, -0.2) is 14.6 Å². The summed E-state index contributed by atoms with van der Waals surface area (Å²) >= 11 is 0. The van der Waals surface area contributed by atoms with E-state index in [-0.39, 0.29) is 29.5 Å². The summed E-state index contributed by atoms with van der Waals surface area (Å²) < 4.78 is 16.1. The summed E-state index contributed by atoms with van der Waals surface area (Å²) in [6, 6.07) is 15.4. The van der Waals surface area contributed by atoms with Gasteiger partial charge in [0, 0.05) is 7.05 Å². The highest BCUT2D eigenvalue weighted by Crippen LogP contribution is 2.18. The molecule has 29 heavy (non-hydrogen) atoms. The predicted molar refractivity (Wildman–Crippen MR) is 109 cm³/mol. The maximum atomic E-state index is 13.2. The Morgan fingerprint density at radius 1 is 1.14 bits per heavy atom. The van der Waals surface area contributed by atoms with Gasteiger partial charge in [0.1, 0.15) is 5.82 Å². The minimum absolute atomic E-state index is 0.217. The number of nitrogens with one attached hydrogen (secondary N) is 2. The van der Waals surface area contributed by atoms with Crippen LogP contribution in [0.4, 0.5) is 10.3 Å². The van der Waals surface area contributed by atoms with Gasteiger partial charge in [0.25, 0.3) is 5.56 Å². The number of imidazole rings is 1. The Labute approximate surface area is 164 Å². The van der Waals surface area contributed by atoms with E-state index >= 15 is 0 Å². The van der Waals surface area contributed by atoms with Crippen LogP contribution >= 0.6 is 0 Å². The molecule has 2 aromatic heterocycles. The van der Waals surface area contributed by atoms with Crippen LogP contribution in [0.5, 0.6) is 0 Å². The molecule has 0 fully saturated rings. The van der Waals surface area contributed by atoms with E-state index in [2.05, 4.69) is 20.5 Å². The van der Waals surface area contributed by atoms with Crippen LogP contribution < -0.4 is 16.7 Å². The van der Waals surface area contributed by atoms with Crippen LogP contribution in [0.15, 0.2) is 69.3 Å². The normalized spacial score (nSPS) is 11.4. The average Bonchev–Trinajstić information content (AvgIpc) is 3.08. The molecule has 0 saturated carbocycles. The third-order valence-corrected chi connectivity index (χ3v) is 4.44. The van der Waals surface area contributed by atoms with E-state index < -0.39 is 11.2 Å². The number of rotatable bonds is 5. The molecular weight excluding hydrogens is 375 g/mol. The van der Waals surface area contributed by atoms with Crippen molar-refractivity contribution in [1.29, 1.82) is 0 Å². The molecule has 0 saturated heterocycles. The van der Waals surface area contributed by atoms with E-state index in [0.29, 0.717) is 0 Å². The lowest BCUT2D eigenvalue weighted by Crippen LogP contribution is -2.29. The van der Waals surface area contributed by atoms with E-state index in [9.17, 15) is 14.0 Å². The summed E-state index contributed by atoms with van der Waals surface area (Å²) in [5.41, 5.74) is 3.79. The van der Waals surface area contributed by atoms with Crippen LogP contribution in [0.3, 0.4) is 0 Å². The van der Waals surface area contributed by atoms with Gasteiger partial charge in [-0.15, -0.1) is 0 Å². The first kappa shape index (κ1) is 18.4. The van der Waals surface area contributed by atoms with Crippen molar-refractivity contribution >= 4 is 23.3 Å². The Morgan fingerprint density at radius 2 is 1.86 bits per heavy atom. The van der Waals surface area contributed by atoms with Gasteiger partial charge in [0.2, 0.25) is 5.95 Å². The van der Waals surface area contributed by atoms with Crippen LogP contribution in [-0.4, -0.2) is 25.3 Å². The number of benzene rings is 2. The summed E-state index contributed by atoms with van der Waals surface area (Å²) in [7, 11) is 1.52. The van der Waals surface area contributed by atoms with Gasteiger partial charge < -0.3 is 0 Å². The maximum Gasteiger partial charge on any atom is 0.329 e. The molecule has 2 N–H and O–H groups in total. The summed E-state index contributed by atoms with van der Waals surface area (Å²) in [6.07, 6.45) is 1.62. The molecule has 0 aliphatic rings. The van der Waals surface area contributed by atoms with Crippen molar-refractivity contribution in [3.05, 3.63) is 92.4 Å². The minimum Gasteiger partial charge on any atom is -0.298 e. The second kappa shape index (κ2) is 7.55. The van der Waals surface area contributed by atoms with Crippen molar-refractivity contribution in [1.82, 2.24) is 19.1 Å². The highest BCUT2D eigenvalue weighted by Gasteiger charge is 2.17. The summed E-state index contributed by atoms with van der Waals surface area (Å²) in [5, 5.41) is 4.19. The molecule has 0 unspecified atom stereocenters. The Bertz CT molecular complexity index is 1300. The summed E-state index contributed by atoms with van der Waals surface area (Å²) in [6.45, 7) is 0.237. The fourth-order valence-corrected chi connectivity index (χ4v) is 2.95. The van der Waals surface area contributed by atoms with Crippen LogP contribution in [0.1, 0.15) is 11.1 Å². The average molecular weight is 392 g/mol. The zero-order chi connectivity index (χ0) is 20.4. The topological polar surface area (TPSA) is 97.1 Å². The first-order chi connectivity index (χ1) is 14.0. The smallest absolute Gasteiger partial charge is 0.298 e. The molecule has 9 heteroatoms. The molecule has 0 spiro atoms. The number of hydrogen-bond donors (Lipinski definition) is 2. The van der Waals surface area contributed by atoms with Gasteiger partial charge in [-0.2, -0.15) is 10.1 Å². The van der Waals surface area contributed by atoms with Crippen LogP contribution in [0, 0.1) is 5.82 Å². The molecule has 146 valence electrons. The fourth-order valence-electron chi connectivity index (χ4n) is 2.95. The van der Waals surface area contributed by atoms with Crippen molar-refractivity contribution in [3.63, 3.8) is 0 Å². The quantitative estimate of drug-likeness (QED) is 0.401. The fraction of sp³-hybridized carbons (Fsp3) is 0.100. The zero-order valence-corrected chi connectivity index (χ0v) is 15.5. The number of fused-ring (bicyclic) bond motifs is 1. The molecule has 4 aromatic rings. The number of aryl methyl sites for hydroxylation is 1. The van der Waals surface area contributed by atoms with Crippen LogP contribution in [0.2, 0.25) is 0 Å². The monoisotopic (exact) mass is 392 g/mol. The van der Waals surface area contributed by atoms with Gasteiger partial charge in [-0.1, -0.05) is 42.5 Å². The summed E-state index contributed by atoms with van der Waals surface area (Å²) in [4.78, 5) is 31.1. The standard InChI is InChI=1S/C20H17FN6O2/c1-26-17-16(18(28)24-20(26)29)27(12-14-7-9-15(21)10-8-14)19(23-17)25-22-11-13-5-3-2-4-6-13/h2-11H,12H2,1H3,(H,23,25)(H,24,28,29)/b22-11+. The molecule has 0 aliphatic heterocycles. The number of anilines is 1. The molecule has 2 aromatic carbocycles. The second-order valence-electron chi connectivity index (χ2n) is 6.42. The lowest BCUT2D eigenvalue weighted by Gasteiger charge is -2.08. The Kier molecular flexibility index (Phi) is 4.78. The van der Waals surface area contributed by atoms with Gasteiger partial charge >= 0.3 is 5.69 Å². The van der Waals surface area contributed by atoms with E-state index in [1.807, 2.05) is 30.3 Å². The number of halogens is 1. The van der Waals surface area contributed by atoms with Crippen molar-refractivity contribution in [2.45, 2.75) is 6.54 Å². The van der Waals surface area contributed by atoms with Crippen LogP contribution in [0.25, 0.3) is 11.2 Å². The first-order valence-electron chi connectivity index (χ1n) is 8.81. The maximum absolute atomic E-state index is 13.2. The molecule has 2 heterocycles. The van der Waals surface area contributed by atoms with Crippen molar-refractivity contribution in [2.75, 3.05) is 5.43 Å².